The number of hydrogen-bond donors (Lipinski definition) is 3. The van der Waals surface area contributed by atoms with Crippen LogP contribution in [0.25, 0.3) is 11.1 Å². The normalized spacial score (nSPS) is 25.4. The maximum absolute atomic E-state index is 12.4. The Hall–Kier alpha value is -3.35. The number of amides is 2. The highest BCUT2D eigenvalue weighted by atomic mass is 16.5. The molecule has 3 aliphatic rings. The van der Waals surface area contributed by atoms with E-state index in [1.165, 1.54) is 11.1 Å². The van der Waals surface area contributed by atoms with Crippen LogP contribution in [-0.2, 0) is 14.3 Å². The Labute approximate surface area is 192 Å². The Balaban J connectivity index is 1.10. The zero-order valence-electron chi connectivity index (χ0n) is 18.5. The summed E-state index contributed by atoms with van der Waals surface area (Å²) in [6, 6.07) is 15.8. The lowest BCUT2D eigenvalue weighted by Gasteiger charge is -2.19. The van der Waals surface area contributed by atoms with Crippen LogP contribution in [-0.4, -0.2) is 41.8 Å². The lowest BCUT2D eigenvalue weighted by molar-refractivity contribution is -0.143. The summed E-state index contributed by atoms with van der Waals surface area (Å²) in [5, 5.41) is 15.0. The summed E-state index contributed by atoms with van der Waals surface area (Å²) in [4.78, 5) is 36.2. The predicted molar refractivity (Wildman–Crippen MR) is 122 cm³/mol. The van der Waals surface area contributed by atoms with Crippen LogP contribution in [0.2, 0.25) is 0 Å². The number of carboxylic acids is 1. The molecule has 0 radical (unpaired) electrons. The lowest BCUT2D eigenvalue weighted by Crippen LogP contribution is -2.41. The van der Waals surface area contributed by atoms with E-state index in [0.29, 0.717) is 19.3 Å². The minimum Gasteiger partial charge on any atom is -0.481 e. The average Bonchev–Trinajstić information content (AvgIpc) is 3.21. The number of carbonyl (C=O) groups excluding carboxylic acids is 2. The number of alkyl carbamates (subject to hydrolysis) is 1. The third-order valence-electron chi connectivity index (χ3n) is 7.40. The number of benzene rings is 2. The van der Waals surface area contributed by atoms with Crippen LogP contribution in [0.1, 0.15) is 49.7 Å². The highest BCUT2D eigenvalue weighted by molar-refractivity contribution is 5.81. The number of nitrogens with one attached hydrogen (secondary N) is 2. The van der Waals surface area contributed by atoms with Crippen molar-refractivity contribution in [2.45, 2.75) is 50.6 Å². The van der Waals surface area contributed by atoms with Crippen molar-refractivity contribution in [1.82, 2.24) is 10.6 Å². The van der Waals surface area contributed by atoms with Gasteiger partial charge in [0.15, 0.2) is 0 Å². The zero-order chi connectivity index (χ0) is 23.2. The van der Waals surface area contributed by atoms with Crippen LogP contribution in [0.4, 0.5) is 4.79 Å². The molecule has 0 heterocycles. The van der Waals surface area contributed by atoms with E-state index in [2.05, 4.69) is 34.9 Å². The van der Waals surface area contributed by atoms with E-state index >= 15 is 0 Å². The van der Waals surface area contributed by atoms with E-state index in [1.807, 2.05) is 24.3 Å². The molecule has 2 fully saturated rings. The summed E-state index contributed by atoms with van der Waals surface area (Å²) >= 11 is 0. The smallest absolute Gasteiger partial charge is 0.407 e. The van der Waals surface area contributed by atoms with Crippen molar-refractivity contribution in [2.24, 2.45) is 11.3 Å². The fraction of sp³-hybridized carbons (Fsp3) is 0.423. The van der Waals surface area contributed by atoms with Crippen molar-refractivity contribution >= 4 is 18.0 Å². The number of rotatable bonds is 7. The predicted octanol–water partition coefficient (Wildman–Crippen LogP) is 3.67. The van der Waals surface area contributed by atoms with Gasteiger partial charge >= 0.3 is 12.1 Å². The Bertz CT molecular complexity index is 1070. The van der Waals surface area contributed by atoms with Crippen molar-refractivity contribution in [2.75, 3.05) is 6.61 Å². The first-order valence-corrected chi connectivity index (χ1v) is 11.5. The second kappa shape index (κ2) is 8.21. The molecule has 172 valence electrons. The van der Waals surface area contributed by atoms with Crippen molar-refractivity contribution in [3.05, 3.63) is 59.7 Å². The third-order valence-corrected chi connectivity index (χ3v) is 7.40. The minimum absolute atomic E-state index is 0.0166. The molecule has 2 amide bonds. The molecule has 2 aromatic carbocycles. The fourth-order valence-corrected chi connectivity index (χ4v) is 5.72. The Morgan fingerprint density at radius 1 is 1.06 bits per heavy atom. The van der Waals surface area contributed by atoms with Crippen LogP contribution in [0.15, 0.2) is 48.5 Å². The van der Waals surface area contributed by atoms with Crippen LogP contribution in [0, 0.1) is 11.3 Å². The summed E-state index contributed by atoms with van der Waals surface area (Å²) in [5.74, 6) is -0.781. The highest BCUT2D eigenvalue weighted by Crippen LogP contribution is 2.63. The van der Waals surface area contributed by atoms with E-state index in [9.17, 15) is 19.5 Å². The van der Waals surface area contributed by atoms with Gasteiger partial charge in [0.1, 0.15) is 6.61 Å². The second-order valence-electron chi connectivity index (χ2n) is 9.64. The Morgan fingerprint density at radius 2 is 1.70 bits per heavy atom. The lowest BCUT2D eigenvalue weighted by atomic mass is 9.98. The number of hydrogen-bond acceptors (Lipinski definition) is 4. The molecule has 7 heteroatoms. The summed E-state index contributed by atoms with van der Waals surface area (Å²) in [7, 11) is 0. The van der Waals surface area contributed by atoms with Gasteiger partial charge in [-0.05, 0) is 54.4 Å². The first-order chi connectivity index (χ1) is 15.9. The summed E-state index contributed by atoms with van der Waals surface area (Å²) in [6.07, 6.45) is 1.49. The summed E-state index contributed by atoms with van der Waals surface area (Å²) < 4.78 is 5.54. The standard InChI is InChI=1S/C26H28N2O5/c1-15(10-23(29)28-17-11-16-12-26(16,13-17)24(30)31)27-25(32)33-14-22-20-8-4-2-6-18(20)19-7-3-5-9-21(19)22/h2-9,15-17,22H,10-14H2,1H3,(H,27,32)(H,28,29)(H,30,31)/t15?,16-,17+,26+/m0/s1. The molecular formula is C26H28N2O5. The molecule has 0 saturated heterocycles. The number of carboxylic acid groups (broad SMARTS) is 1. The van der Waals surface area contributed by atoms with Gasteiger partial charge in [0.2, 0.25) is 5.91 Å². The quantitative estimate of drug-likeness (QED) is 0.599. The van der Waals surface area contributed by atoms with E-state index in [0.717, 1.165) is 11.1 Å². The molecule has 3 aliphatic carbocycles. The maximum atomic E-state index is 12.4. The molecule has 0 aromatic heterocycles. The van der Waals surface area contributed by atoms with Crippen LogP contribution < -0.4 is 10.6 Å². The molecule has 1 unspecified atom stereocenters. The monoisotopic (exact) mass is 448 g/mol. The highest BCUT2D eigenvalue weighted by Gasteiger charge is 2.65. The van der Waals surface area contributed by atoms with Gasteiger partial charge in [-0.25, -0.2) is 4.79 Å². The van der Waals surface area contributed by atoms with Gasteiger partial charge < -0.3 is 20.5 Å². The van der Waals surface area contributed by atoms with Crippen LogP contribution in [0.3, 0.4) is 0 Å². The number of ether oxygens (including phenoxy) is 1. The Kier molecular flexibility index (Phi) is 5.35. The second-order valence-corrected chi connectivity index (χ2v) is 9.64. The first-order valence-electron chi connectivity index (χ1n) is 11.5. The molecule has 0 bridgehead atoms. The van der Waals surface area contributed by atoms with Crippen molar-refractivity contribution in [1.29, 1.82) is 0 Å². The van der Waals surface area contributed by atoms with E-state index in [1.54, 1.807) is 6.92 Å². The largest absolute Gasteiger partial charge is 0.481 e. The molecular weight excluding hydrogens is 420 g/mol. The molecule has 0 spiro atoms. The van der Waals surface area contributed by atoms with Crippen LogP contribution in [0.5, 0.6) is 0 Å². The van der Waals surface area contributed by atoms with Crippen molar-refractivity contribution in [3.63, 3.8) is 0 Å². The topological polar surface area (TPSA) is 105 Å². The number of carbonyl (C=O) groups is 3. The molecule has 7 nitrogen and oxygen atoms in total. The Morgan fingerprint density at radius 3 is 2.30 bits per heavy atom. The molecule has 3 N–H and O–H groups in total. The molecule has 4 atom stereocenters. The van der Waals surface area contributed by atoms with Gasteiger partial charge in [-0.2, -0.15) is 0 Å². The van der Waals surface area contributed by atoms with E-state index in [-0.39, 0.29) is 36.8 Å². The van der Waals surface area contributed by atoms with Gasteiger partial charge in [0.05, 0.1) is 5.41 Å². The summed E-state index contributed by atoms with van der Waals surface area (Å²) in [5.41, 5.74) is 4.01. The van der Waals surface area contributed by atoms with Crippen molar-refractivity contribution in [3.8, 4) is 11.1 Å². The van der Waals surface area contributed by atoms with Gasteiger partial charge in [0.25, 0.3) is 0 Å². The molecule has 0 aliphatic heterocycles. The molecule has 2 saturated carbocycles. The number of aliphatic carboxylic acids is 1. The van der Waals surface area contributed by atoms with Crippen molar-refractivity contribution < 1.29 is 24.2 Å². The van der Waals surface area contributed by atoms with Gasteiger partial charge in [-0.3, -0.25) is 9.59 Å². The minimum atomic E-state index is -0.755. The molecule has 2 aromatic rings. The SMILES string of the molecule is CC(CC(=O)N[C@@H]1C[C@H]2C[C@@]2(C(=O)O)C1)NC(=O)OCC1c2ccccc2-c2ccccc21. The van der Waals surface area contributed by atoms with E-state index < -0.39 is 23.5 Å². The van der Waals surface area contributed by atoms with Crippen LogP contribution >= 0.6 is 0 Å². The van der Waals surface area contributed by atoms with Gasteiger partial charge in [0, 0.05) is 24.4 Å². The van der Waals surface area contributed by atoms with Gasteiger partial charge in [-0.1, -0.05) is 48.5 Å². The van der Waals surface area contributed by atoms with Gasteiger partial charge in [-0.15, -0.1) is 0 Å². The molecule has 5 rings (SSSR count). The average molecular weight is 449 g/mol. The fourth-order valence-electron chi connectivity index (χ4n) is 5.72. The van der Waals surface area contributed by atoms with E-state index in [4.69, 9.17) is 4.74 Å². The number of fused-ring (bicyclic) bond motifs is 4. The maximum Gasteiger partial charge on any atom is 0.407 e. The zero-order valence-corrected chi connectivity index (χ0v) is 18.5. The first kappa shape index (κ1) is 21.5. The third kappa shape index (κ3) is 3.96. The summed E-state index contributed by atoms with van der Waals surface area (Å²) in [6.45, 7) is 1.98. The molecule has 33 heavy (non-hydrogen) atoms.